The number of aromatic nitrogens is 2. The minimum Gasteiger partial charge on any atom is -0.444 e. The third-order valence-electron chi connectivity index (χ3n) is 8.02. The minimum absolute atomic E-state index is 0.396. The summed E-state index contributed by atoms with van der Waals surface area (Å²) in [7, 11) is 0. The Morgan fingerprint density at radius 3 is 2.61 bits per heavy atom. The van der Waals surface area contributed by atoms with E-state index in [1.165, 1.54) is 11.1 Å². The van der Waals surface area contributed by atoms with Gasteiger partial charge < -0.3 is 15.0 Å². The monoisotopic (exact) mass is 511 g/mol. The molecule has 1 saturated heterocycles. The molecule has 1 aromatic heterocycles. The summed E-state index contributed by atoms with van der Waals surface area (Å²) in [6.45, 7) is 6.53. The number of benzene rings is 2. The fraction of sp³-hybridized carbons (Fsp3) is 0.484. The highest BCUT2D eigenvalue weighted by atomic mass is 16.6. The lowest BCUT2D eigenvalue weighted by Gasteiger charge is -2.36. The van der Waals surface area contributed by atoms with E-state index in [2.05, 4.69) is 57.0 Å². The summed E-state index contributed by atoms with van der Waals surface area (Å²) in [5, 5.41) is 10.3. The Bertz CT molecular complexity index is 1420. The summed E-state index contributed by atoms with van der Waals surface area (Å²) in [5.74, 6) is 7.51. The number of carbonyl (C=O) groups excluding carboxylic acids is 1. The van der Waals surface area contributed by atoms with Gasteiger partial charge in [0.05, 0.1) is 11.0 Å². The molecule has 2 unspecified atom stereocenters. The van der Waals surface area contributed by atoms with Crippen LogP contribution < -0.4 is 16.0 Å². The first-order valence-electron chi connectivity index (χ1n) is 13.9. The number of nitrogens with zero attached hydrogens (tertiary/aromatic N) is 1. The number of imidazole rings is 1. The van der Waals surface area contributed by atoms with Crippen LogP contribution in [0.4, 0.5) is 4.79 Å². The quantitative estimate of drug-likeness (QED) is 0.357. The summed E-state index contributed by atoms with van der Waals surface area (Å²) in [4.78, 5) is 21.2. The number of hydrogen-bond acceptors (Lipinski definition) is 5. The smallest absolute Gasteiger partial charge is 0.408 e. The molecule has 3 aliphatic rings. The van der Waals surface area contributed by atoms with Crippen LogP contribution in [-0.2, 0) is 16.7 Å². The maximum absolute atomic E-state index is 12.7. The second kappa shape index (κ2) is 9.76. The molecule has 2 heterocycles. The molecule has 0 spiro atoms. The van der Waals surface area contributed by atoms with Crippen molar-refractivity contribution in [3.8, 4) is 11.8 Å². The zero-order valence-electron chi connectivity index (χ0n) is 22.5. The first-order chi connectivity index (χ1) is 18.3. The van der Waals surface area contributed by atoms with Gasteiger partial charge in [-0.3, -0.25) is 10.6 Å². The maximum atomic E-state index is 12.7. The van der Waals surface area contributed by atoms with Crippen molar-refractivity contribution in [2.24, 2.45) is 0 Å². The van der Waals surface area contributed by atoms with Crippen LogP contribution in [0.5, 0.6) is 0 Å². The van der Waals surface area contributed by atoms with Crippen molar-refractivity contribution < 1.29 is 9.53 Å². The van der Waals surface area contributed by atoms with Crippen LogP contribution in [0.15, 0.2) is 36.4 Å². The van der Waals surface area contributed by atoms with Gasteiger partial charge in [-0.15, -0.1) is 0 Å². The summed E-state index contributed by atoms with van der Waals surface area (Å²) in [6, 6.07) is 13.7. The molecule has 2 aliphatic carbocycles. The van der Waals surface area contributed by atoms with E-state index in [4.69, 9.17) is 9.72 Å². The molecule has 38 heavy (non-hydrogen) atoms. The van der Waals surface area contributed by atoms with Gasteiger partial charge in [-0.25, -0.2) is 9.78 Å². The molecule has 3 aromatic rings. The molecule has 7 heteroatoms. The summed E-state index contributed by atoms with van der Waals surface area (Å²) in [5.41, 5.74) is 5.50. The van der Waals surface area contributed by atoms with E-state index in [1.807, 2.05) is 32.9 Å². The second-order valence-corrected chi connectivity index (χ2v) is 12.0. The largest absolute Gasteiger partial charge is 0.444 e. The Morgan fingerprint density at radius 1 is 1.05 bits per heavy atom. The number of carbonyl (C=O) groups is 1. The van der Waals surface area contributed by atoms with Crippen molar-refractivity contribution in [3.05, 3.63) is 64.5 Å². The Kier molecular flexibility index (Phi) is 6.41. The van der Waals surface area contributed by atoms with Crippen molar-refractivity contribution in [2.75, 3.05) is 6.67 Å². The Labute approximate surface area is 224 Å². The average molecular weight is 512 g/mol. The predicted octanol–water partition coefficient (Wildman–Crippen LogP) is 5.15. The van der Waals surface area contributed by atoms with Crippen molar-refractivity contribution in [3.63, 3.8) is 0 Å². The first-order valence-corrected chi connectivity index (χ1v) is 13.9. The molecule has 1 amide bonds. The van der Waals surface area contributed by atoms with Crippen LogP contribution in [0.3, 0.4) is 0 Å². The maximum Gasteiger partial charge on any atom is 0.408 e. The van der Waals surface area contributed by atoms with E-state index in [0.717, 1.165) is 79.6 Å². The van der Waals surface area contributed by atoms with E-state index >= 15 is 0 Å². The van der Waals surface area contributed by atoms with Crippen molar-refractivity contribution in [1.82, 2.24) is 25.9 Å². The van der Waals surface area contributed by atoms with Gasteiger partial charge in [0, 0.05) is 29.9 Å². The van der Waals surface area contributed by atoms with Gasteiger partial charge in [0.25, 0.3) is 0 Å². The number of aromatic amines is 1. The number of aryl methyl sites for hydroxylation is 1. The molecule has 4 N–H and O–H groups in total. The molecule has 7 nitrogen and oxygen atoms in total. The van der Waals surface area contributed by atoms with Gasteiger partial charge in [-0.1, -0.05) is 37.2 Å². The molecular formula is C31H37N5O2. The van der Waals surface area contributed by atoms with Crippen molar-refractivity contribution >= 4 is 17.1 Å². The van der Waals surface area contributed by atoms with Crippen molar-refractivity contribution in [1.29, 1.82) is 0 Å². The number of hydrogen-bond donors (Lipinski definition) is 4. The van der Waals surface area contributed by atoms with Crippen LogP contribution in [0.25, 0.3) is 11.0 Å². The number of ether oxygens (including phenoxy) is 1. The third kappa shape index (κ3) is 5.03. The van der Waals surface area contributed by atoms with Crippen LogP contribution in [-0.4, -0.2) is 34.4 Å². The van der Waals surface area contributed by atoms with Crippen LogP contribution in [0, 0.1) is 11.8 Å². The van der Waals surface area contributed by atoms with Crippen LogP contribution >= 0.6 is 0 Å². The summed E-state index contributed by atoms with van der Waals surface area (Å²) < 4.78 is 5.59. The Hall–Kier alpha value is -3.34. The van der Waals surface area contributed by atoms with Crippen molar-refractivity contribution in [2.45, 2.75) is 88.9 Å². The van der Waals surface area contributed by atoms with E-state index in [9.17, 15) is 4.79 Å². The number of H-pyrrole nitrogens is 1. The average Bonchev–Trinajstić information content (AvgIpc) is 3.54. The van der Waals surface area contributed by atoms with Gasteiger partial charge >= 0.3 is 6.09 Å². The van der Waals surface area contributed by atoms with E-state index in [1.54, 1.807) is 0 Å². The number of rotatable bonds is 2. The highest BCUT2D eigenvalue weighted by Crippen LogP contribution is 2.37. The van der Waals surface area contributed by atoms with Gasteiger partial charge in [-0.2, -0.15) is 0 Å². The number of fused-ring (bicyclic) bond motifs is 4. The molecular weight excluding hydrogens is 474 g/mol. The highest BCUT2D eigenvalue weighted by molar-refractivity contribution is 5.78. The molecule has 2 fully saturated rings. The second-order valence-electron chi connectivity index (χ2n) is 12.0. The van der Waals surface area contributed by atoms with Gasteiger partial charge in [0.15, 0.2) is 0 Å². The van der Waals surface area contributed by atoms with Gasteiger partial charge in [0.2, 0.25) is 0 Å². The Morgan fingerprint density at radius 2 is 1.82 bits per heavy atom. The topological polar surface area (TPSA) is 91.1 Å². The van der Waals surface area contributed by atoms with Gasteiger partial charge in [0.1, 0.15) is 17.0 Å². The molecule has 198 valence electrons. The lowest BCUT2D eigenvalue weighted by Crippen LogP contribution is -2.49. The summed E-state index contributed by atoms with van der Waals surface area (Å²) in [6.07, 6.45) is 6.76. The molecule has 1 aliphatic heterocycles. The molecule has 0 bridgehead atoms. The SMILES string of the molecule is CC(C)(C)OC(=O)NC1(c2nc3ccc(C#Cc4ccc5c(c4)CCC4NCNC54)cc3[nH]2)CCCCC1. The first kappa shape index (κ1) is 25.0. The highest BCUT2D eigenvalue weighted by Gasteiger charge is 2.39. The van der Waals surface area contributed by atoms with E-state index < -0.39 is 17.2 Å². The van der Waals surface area contributed by atoms with Gasteiger partial charge in [-0.05, 0) is 87.9 Å². The lowest BCUT2D eigenvalue weighted by molar-refractivity contribution is 0.0413. The fourth-order valence-electron chi connectivity index (χ4n) is 6.20. The van der Waals surface area contributed by atoms with E-state index in [0.29, 0.717) is 12.1 Å². The zero-order valence-corrected chi connectivity index (χ0v) is 22.5. The summed E-state index contributed by atoms with van der Waals surface area (Å²) >= 11 is 0. The molecule has 6 rings (SSSR count). The fourth-order valence-corrected chi connectivity index (χ4v) is 6.20. The number of amides is 1. The standard InChI is InChI=1S/C31H37N5O2/c1-30(2,3)38-29(37)36-31(15-5-4-6-16-31)28-34-24-13-10-21(18-26(24)35-28)8-7-20-9-12-23-22(17-20)11-14-25-27(23)33-19-32-25/h9-10,12-13,17-18,25,27,32-33H,4-6,11,14-16,19H2,1-3H3,(H,34,35)(H,36,37). The normalized spacial score (nSPS) is 22.2. The molecule has 2 atom stereocenters. The van der Waals surface area contributed by atoms with E-state index in [-0.39, 0.29) is 0 Å². The minimum atomic E-state index is -0.549. The molecule has 0 radical (unpaired) electrons. The zero-order chi connectivity index (χ0) is 26.3. The number of alkyl carbamates (subject to hydrolysis) is 1. The predicted molar refractivity (Wildman–Crippen MR) is 149 cm³/mol. The number of nitrogens with one attached hydrogen (secondary N) is 4. The Balaban J connectivity index is 1.24. The van der Waals surface area contributed by atoms with Crippen LogP contribution in [0.1, 0.15) is 93.4 Å². The van der Waals surface area contributed by atoms with Crippen LogP contribution in [0.2, 0.25) is 0 Å². The molecule has 1 saturated carbocycles. The third-order valence-corrected chi connectivity index (χ3v) is 8.02. The lowest BCUT2D eigenvalue weighted by atomic mass is 9.81. The molecule has 2 aromatic carbocycles.